The minimum absolute atomic E-state index is 0.123. The molecule has 0 aromatic carbocycles. The van der Waals surface area contributed by atoms with Gasteiger partial charge in [0.05, 0.1) is 12.3 Å². The van der Waals surface area contributed by atoms with E-state index in [-0.39, 0.29) is 12.3 Å². The summed E-state index contributed by atoms with van der Waals surface area (Å²) in [6, 6.07) is 2.71. The average Bonchev–Trinajstić information content (AvgIpc) is 2.05. The fourth-order valence-electron chi connectivity index (χ4n) is 0.558. The molecule has 0 radical (unpaired) electrons. The molecule has 1 rings (SSSR count). The Morgan fingerprint density at radius 1 is 1.45 bits per heavy atom. The quantitative estimate of drug-likeness (QED) is 0.609. The molecule has 0 spiro atoms. The molecule has 0 aliphatic carbocycles. The molecule has 0 fully saturated rings. The molecule has 11 heavy (non-hydrogen) atoms. The minimum atomic E-state index is -1.12. The normalized spacial score (nSPS) is 9.55. The summed E-state index contributed by atoms with van der Waals surface area (Å²) >= 11 is 0. The number of aliphatic hydroxyl groups excluding tert-OH is 1. The van der Waals surface area contributed by atoms with E-state index in [4.69, 9.17) is 10.2 Å². The lowest BCUT2D eigenvalue weighted by Gasteiger charge is -1.93. The zero-order chi connectivity index (χ0) is 8.27. The molecule has 1 heterocycles. The Hall–Kier alpha value is -1.49. The maximum atomic E-state index is 10.2. The van der Waals surface area contributed by atoms with Gasteiger partial charge in [0.25, 0.3) is 0 Å². The molecule has 0 aliphatic heterocycles. The number of aliphatic hydroxyl groups is 1. The van der Waals surface area contributed by atoms with Crippen molar-refractivity contribution < 1.29 is 15.0 Å². The van der Waals surface area contributed by atoms with Gasteiger partial charge in [0.1, 0.15) is 0 Å². The van der Waals surface area contributed by atoms with E-state index < -0.39 is 5.97 Å². The van der Waals surface area contributed by atoms with Crippen molar-refractivity contribution in [1.82, 2.24) is 10.2 Å². The summed E-state index contributed by atoms with van der Waals surface area (Å²) in [5.41, 5.74) is 0.234. The largest absolute Gasteiger partial charge is 0.476 e. The van der Waals surface area contributed by atoms with E-state index in [1.807, 2.05) is 0 Å². The molecular weight excluding hydrogens is 148 g/mol. The van der Waals surface area contributed by atoms with Gasteiger partial charge in [-0.05, 0) is 12.1 Å². The first-order valence-corrected chi connectivity index (χ1v) is 2.91. The molecule has 5 nitrogen and oxygen atoms in total. The molecule has 0 atom stereocenters. The first kappa shape index (κ1) is 7.62. The second-order valence-electron chi connectivity index (χ2n) is 1.87. The highest BCUT2D eigenvalue weighted by Gasteiger charge is 2.03. The van der Waals surface area contributed by atoms with Gasteiger partial charge >= 0.3 is 5.97 Å². The van der Waals surface area contributed by atoms with Crippen molar-refractivity contribution >= 4 is 5.97 Å². The summed E-state index contributed by atoms with van der Waals surface area (Å²) < 4.78 is 0. The fraction of sp³-hybridized carbons (Fsp3) is 0.167. The Kier molecular flexibility index (Phi) is 2.12. The molecule has 1 aromatic rings. The summed E-state index contributed by atoms with van der Waals surface area (Å²) in [6.45, 7) is -0.229. The van der Waals surface area contributed by atoms with E-state index in [2.05, 4.69) is 10.2 Å². The van der Waals surface area contributed by atoms with E-state index >= 15 is 0 Å². The SMILES string of the molecule is O=C(O)c1ccc(CO)nn1. The number of carboxylic acids is 1. The van der Waals surface area contributed by atoms with Gasteiger partial charge in [0.2, 0.25) is 0 Å². The Labute approximate surface area is 62.3 Å². The van der Waals surface area contributed by atoms with Crippen molar-refractivity contribution in [2.24, 2.45) is 0 Å². The van der Waals surface area contributed by atoms with Crippen LogP contribution < -0.4 is 0 Å². The molecule has 5 heteroatoms. The number of hydrogen-bond acceptors (Lipinski definition) is 4. The minimum Gasteiger partial charge on any atom is -0.476 e. The second kappa shape index (κ2) is 3.07. The smallest absolute Gasteiger partial charge is 0.356 e. The monoisotopic (exact) mass is 154 g/mol. The molecule has 0 bridgehead atoms. The lowest BCUT2D eigenvalue weighted by atomic mass is 10.3. The topological polar surface area (TPSA) is 83.3 Å². The number of rotatable bonds is 2. The molecule has 2 N–H and O–H groups in total. The van der Waals surface area contributed by atoms with Gasteiger partial charge in [-0.15, -0.1) is 5.10 Å². The van der Waals surface area contributed by atoms with E-state index in [9.17, 15) is 4.79 Å². The summed E-state index contributed by atoms with van der Waals surface area (Å²) in [4.78, 5) is 10.2. The first-order valence-electron chi connectivity index (χ1n) is 2.91. The molecule has 0 saturated heterocycles. The van der Waals surface area contributed by atoms with E-state index in [1.165, 1.54) is 12.1 Å². The molecule has 0 unspecified atom stereocenters. The van der Waals surface area contributed by atoms with Gasteiger partial charge in [-0.2, -0.15) is 5.10 Å². The Morgan fingerprint density at radius 3 is 2.55 bits per heavy atom. The third-order valence-corrected chi connectivity index (χ3v) is 1.10. The predicted octanol–water partition coefficient (Wildman–Crippen LogP) is -0.333. The maximum Gasteiger partial charge on any atom is 0.356 e. The Morgan fingerprint density at radius 2 is 2.18 bits per heavy atom. The van der Waals surface area contributed by atoms with Gasteiger partial charge in [0.15, 0.2) is 5.69 Å². The van der Waals surface area contributed by atoms with Crippen molar-refractivity contribution in [3.63, 3.8) is 0 Å². The summed E-state index contributed by atoms with van der Waals surface area (Å²) in [7, 11) is 0. The van der Waals surface area contributed by atoms with Gasteiger partial charge in [0, 0.05) is 0 Å². The Balaban J connectivity index is 2.91. The van der Waals surface area contributed by atoms with Gasteiger partial charge in [-0.1, -0.05) is 0 Å². The van der Waals surface area contributed by atoms with Crippen molar-refractivity contribution in [3.8, 4) is 0 Å². The number of aromatic carboxylic acids is 1. The fourth-order valence-corrected chi connectivity index (χ4v) is 0.558. The van der Waals surface area contributed by atoms with Crippen LogP contribution in [0.25, 0.3) is 0 Å². The molecule has 0 aliphatic rings. The summed E-state index contributed by atoms with van der Waals surface area (Å²) in [6.07, 6.45) is 0. The van der Waals surface area contributed by atoms with Crippen LogP contribution in [0.15, 0.2) is 12.1 Å². The predicted molar refractivity (Wildman–Crippen MR) is 34.9 cm³/mol. The molecule has 1 aromatic heterocycles. The van der Waals surface area contributed by atoms with E-state index in [0.717, 1.165) is 0 Å². The van der Waals surface area contributed by atoms with Crippen LogP contribution in [0.5, 0.6) is 0 Å². The molecule has 0 amide bonds. The number of hydrogen-bond donors (Lipinski definition) is 2. The van der Waals surface area contributed by atoms with Crippen LogP contribution in [-0.2, 0) is 6.61 Å². The average molecular weight is 154 g/mol. The lowest BCUT2D eigenvalue weighted by molar-refractivity contribution is 0.0689. The van der Waals surface area contributed by atoms with Crippen molar-refractivity contribution in [2.75, 3.05) is 0 Å². The zero-order valence-electron chi connectivity index (χ0n) is 5.56. The molecular formula is C6H6N2O3. The van der Waals surface area contributed by atoms with Crippen LogP contribution in [-0.4, -0.2) is 26.4 Å². The third-order valence-electron chi connectivity index (χ3n) is 1.10. The van der Waals surface area contributed by atoms with Gasteiger partial charge in [-0.25, -0.2) is 4.79 Å². The number of carbonyl (C=O) groups is 1. The second-order valence-corrected chi connectivity index (χ2v) is 1.87. The van der Waals surface area contributed by atoms with Crippen LogP contribution in [0.4, 0.5) is 0 Å². The van der Waals surface area contributed by atoms with Crippen molar-refractivity contribution in [1.29, 1.82) is 0 Å². The number of aromatic nitrogens is 2. The zero-order valence-corrected chi connectivity index (χ0v) is 5.56. The highest BCUT2D eigenvalue weighted by molar-refractivity contribution is 5.84. The third kappa shape index (κ3) is 1.71. The Bertz CT molecular complexity index is 257. The number of nitrogens with zero attached hydrogens (tertiary/aromatic N) is 2. The van der Waals surface area contributed by atoms with E-state index in [0.29, 0.717) is 5.69 Å². The van der Waals surface area contributed by atoms with Crippen LogP contribution in [0.1, 0.15) is 16.2 Å². The lowest BCUT2D eigenvalue weighted by Crippen LogP contribution is -2.03. The summed E-state index contributed by atoms with van der Waals surface area (Å²) in [5.74, 6) is -1.12. The molecule has 58 valence electrons. The van der Waals surface area contributed by atoms with Crippen LogP contribution in [0, 0.1) is 0 Å². The standard InChI is InChI=1S/C6H6N2O3/c9-3-4-1-2-5(6(10)11)8-7-4/h1-2,9H,3H2,(H,10,11). The van der Waals surface area contributed by atoms with Crippen molar-refractivity contribution in [3.05, 3.63) is 23.5 Å². The maximum absolute atomic E-state index is 10.2. The highest BCUT2D eigenvalue weighted by atomic mass is 16.4. The van der Waals surface area contributed by atoms with Crippen LogP contribution in [0.2, 0.25) is 0 Å². The van der Waals surface area contributed by atoms with Crippen LogP contribution >= 0.6 is 0 Å². The summed E-state index contributed by atoms with van der Waals surface area (Å²) in [5, 5.41) is 23.7. The highest BCUT2D eigenvalue weighted by Crippen LogP contribution is 1.95. The van der Waals surface area contributed by atoms with Crippen LogP contribution in [0.3, 0.4) is 0 Å². The first-order chi connectivity index (χ1) is 5.24. The number of carboxylic acid groups (broad SMARTS) is 1. The van der Waals surface area contributed by atoms with Gasteiger partial charge < -0.3 is 10.2 Å². The van der Waals surface area contributed by atoms with Crippen molar-refractivity contribution in [2.45, 2.75) is 6.61 Å². The van der Waals surface area contributed by atoms with E-state index in [1.54, 1.807) is 0 Å². The molecule has 0 saturated carbocycles. The van der Waals surface area contributed by atoms with Gasteiger partial charge in [-0.3, -0.25) is 0 Å².